The summed E-state index contributed by atoms with van der Waals surface area (Å²) >= 11 is 0. The molecule has 4 rings (SSSR count). The van der Waals surface area contributed by atoms with Crippen molar-refractivity contribution in [2.24, 2.45) is 0 Å². The topological polar surface area (TPSA) is 88.9 Å². The van der Waals surface area contributed by atoms with Crippen LogP contribution in [0.2, 0.25) is 0 Å². The lowest BCUT2D eigenvalue weighted by Gasteiger charge is -2.12. The average Bonchev–Trinajstić information content (AvgIpc) is 3.26. The Morgan fingerprint density at radius 2 is 2.30 bits per heavy atom. The van der Waals surface area contributed by atoms with E-state index in [2.05, 4.69) is 43.9 Å². The van der Waals surface area contributed by atoms with Gasteiger partial charge < -0.3 is 14.6 Å². The number of ether oxygens (including phenoxy) is 1. The number of H-pyrrole nitrogens is 1. The molecule has 0 unspecified atom stereocenters. The van der Waals surface area contributed by atoms with Crippen LogP contribution >= 0.6 is 0 Å². The van der Waals surface area contributed by atoms with Crippen LogP contribution in [0, 0.1) is 6.92 Å². The van der Waals surface area contributed by atoms with Gasteiger partial charge in [-0.1, -0.05) is 23.4 Å². The molecule has 1 fully saturated rings. The number of hydrogen-bond acceptors (Lipinski definition) is 6. The second-order valence-corrected chi connectivity index (χ2v) is 5.89. The van der Waals surface area contributed by atoms with E-state index in [1.807, 2.05) is 13.1 Å². The van der Waals surface area contributed by atoms with Gasteiger partial charge in [0.2, 0.25) is 0 Å². The predicted octanol–water partition coefficient (Wildman–Crippen LogP) is 2.26. The Labute approximate surface area is 133 Å². The zero-order valence-electron chi connectivity index (χ0n) is 13.0. The van der Waals surface area contributed by atoms with E-state index >= 15 is 0 Å². The molecule has 120 valence electrons. The first kappa shape index (κ1) is 14.3. The number of fused-ring (bicyclic) bond motifs is 1. The van der Waals surface area contributed by atoms with Crippen LogP contribution in [0.15, 0.2) is 28.9 Å². The standard InChI is InChI=1S/C16H19N5O2/c1-10-19-16(23-21-10)14-6-5-13(22-14)9-17-7-11-3-2-4-12-8-18-20-15(11)12/h2-4,8,13-14,17H,5-7,9H2,1H3,(H,18,20)/t13-,14+/m1/s1. The lowest BCUT2D eigenvalue weighted by atomic mass is 10.1. The van der Waals surface area contributed by atoms with Crippen molar-refractivity contribution in [3.63, 3.8) is 0 Å². The second-order valence-electron chi connectivity index (χ2n) is 5.89. The third-order valence-electron chi connectivity index (χ3n) is 4.18. The molecule has 7 heteroatoms. The van der Waals surface area contributed by atoms with Gasteiger partial charge in [-0.15, -0.1) is 0 Å². The zero-order chi connectivity index (χ0) is 15.6. The number of aromatic amines is 1. The Hall–Kier alpha value is -2.25. The van der Waals surface area contributed by atoms with Crippen LogP contribution < -0.4 is 5.32 Å². The molecule has 0 amide bonds. The van der Waals surface area contributed by atoms with Gasteiger partial charge in [-0.2, -0.15) is 10.1 Å². The van der Waals surface area contributed by atoms with Gasteiger partial charge in [0, 0.05) is 18.5 Å². The van der Waals surface area contributed by atoms with E-state index in [0.717, 1.165) is 36.8 Å². The minimum Gasteiger partial charge on any atom is -0.364 e. The molecule has 0 bridgehead atoms. The van der Waals surface area contributed by atoms with E-state index in [4.69, 9.17) is 9.26 Å². The predicted molar refractivity (Wildman–Crippen MR) is 83.7 cm³/mol. The first-order valence-corrected chi connectivity index (χ1v) is 7.87. The summed E-state index contributed by atoms with van der Waals surface area (Å²) in [5.41, 5.74) is 2.30. The van der Waals surface area contributed by atoms with Gasteiger partial charge >= 0.3 is 0 Å². The summed E-state index contributed by atoms with van der Waals surface area (Å²) in [7, 11) is 0. The van der Waals surface area contributed by atoms with E-state index in [1.165, 1.54) is 5.56 Å². The minimum absolute atomic E-state index is 0.0703. The smallest absolute Gasteiger partial charge is 0.255 e. The number of benzene rings is 1. The van der Waals surface area contributed by atoms with Gasteiger partial charge in [0.05, 0.1) is 17.8 Å². The highest BCUT2D eigenvalue weighted by Crippen LogP contribution is 2.31. The van der Waals surface area contributed by atoms with E-state index in [1.54, 1.807) is 0 Å². The molecule has 0 aliphatic carbocycles. The van der Waals surface area contributed by atoms with Gasteiger partial charge in [-0.05, 0) is 25.3 Å². The van der Waals surface area contributed by atoms with Crippen LogP contribution in [0.25, 0.3) is 10.9 Å². The summed E-state index contributed by atoms with van der Waals surface area (Å²) < 4.78 is 11.2. The number of hydrogen-bond donors (Lipinski definition) is 2. The highest BCUT2D eigenvalue weighted by atomic mass is 16.5. The van der Waals surface area contributed by atoms with Gasteiger partial charge in [0.1, 0.15) is 6.10 Å². The fourth-order valence-electron chi connectivity index (χ4n) is 3.03. The van der Waals surface area contributed by atoms with E-state index in [0.29, 0.717) is 11.7 Å². The molecular formula is C16H19N5O2. The SMILES string of the molecule is Cc1noc([C@@H]2CC[C@H](CNCc3cccc4cn[nH]c34)O2)n1. The maximum Gasteiger partial charge on any atom is 0.255 e. The number of rotatable bonds is 5. The maximum atomic E-state index is 5.99. The first-order valence-electron chi connectivity index (χ1n) is 7.87. The van der Waals surface area contributed by atoms with Crippen LogP contribution in [0.3, 0.4) is 0 Å². The first-order chi connectivity index (χ1) is 11.3. The number of aromatic nitrogens is 4. The Bertz CT molecular complexity index is 796. The van der Waals surface area contributed by atoms with Crippen LogP contribution in [-0.2, 0) is 11.3 Å². The molecule has 0 saturated carbocycles. The Morgan fingerprint density at radius 3 is 3.17 bits per heavy atom. The van der Waals surface area contributed by atoms with Crippen molar-refractivity contribution in [1.29, 1.82) is 0 Å². The molecule has 1 saturated heterocycles. The minimum atomic E-state index is -0.0703. The molecule has 1 aliphatic rings. The molecule has 23 heavy (non-hydrogen) atoms. The highest BCUT2D eigenvalue weighted by molar-refractivity contribution is 5.81. The van der Waals surface area contributed by atoms with Crippen molar-refractivity contribution < 1.29 is 9.26 Å². The molecule has 1 aromatic carbocycles. The van der Waals surface area contributed by atoms with Crippen molar-refractivity contribution >= 4 is 10.9 Å². The van der Waals surface area contributed by atoms with E-state index < -0.39 is 0 Å². The summed E-state index contributed by atoms with van der Waals surface area (Å²) in [6, 6.07) is 6.21. The van der Waals surface area contributed by atoms with Crippen molar-refractivity contribution in [3.8, 4) is 0 Å². The molecule has 1 aliphatic heterocycles. The molecular weight excluding hydrogens is 294 g/mol. The van der Waals surface area contributed by atoms with Crippen LogP contribution in [0.5, 0.6) is 0 Å². The largest absolute Gasteiger partial charge is 0.364 e. The van der Waals surface area contributed by atoms with Crippen molar-refractivity contribution in [2.45, 2.75) is 38.5 Å². The molecule has 2 N–H and O–H groups in total. The number of nitrogens with one attached hydrogen (secondary N) is 2. The molecule has 3 heterocycles. The van der Waals surface area contributed by atoms with Crippen LogP contribution in [-0.4, -0.2) is 33.0 Å². The molecule has 0 radical (unpaired) electrons. The van der Waals surface area contributed by atoms with Gasteiger partial charge in [0.15, 0.2) is 5.82 Å². The van der Waals surface area contributed by atoms with E-state index in [9.17, 15) is 0 Å². The molecule has 0 spiro atoms. The third kappa shape index (κ3) is 2.97. The summed E-state index contributed by atoms with van der Waals surface area (Å²) in [5, 5.41) is 15.6. The summed E-state index contributed by atoms with van der Waals surface area (Å²) in [6.07, 6.45) is 3.86. The third-order valence-corrected chi connectivity index (χ3v) is 4.18. The van der Waals surface area contributed by atoms with E-state index in [-0.39, 0.29) is 12.2 Å². The fourth-order valence-corrected chi connectivity index (χ4v) is 3.03. The monoisotopic (exact) mass is 313 g/mol. The second kappa shape index (κ2) is 6.10. The zero-order valence-corrected chi connectivity index (χ0v) is 13.0. The van der Waals surface area contributed by atoms with Crippen molar-refractivity contribution in [1.82, 2.24) is 25.7 Å². The molecule has 7 nitrogen and oxygen atoms in total. The Balaban J connectivity index is 1.31. The molecule has 2 atom stereocenters. The summed E-state index contributed by atoms with van der Waals surface area (Å²) in [6.45, 7) is 3.40. The number of nitrogens with zero attached hydrogens (tertiary/aromatic N) is 3. The summed E-state index contributed by atoms with van der Waals surface area (Å²) in [4.78, 5) is 4.25. The Morgan fingerprint density at radius 1 is 1.35 bits per heavy atom. The van der Waals surface area contributed by atoms with Gasteiger partial charge in [-0.25, -0.2) is 0 Å². The van der Waals surface area contributed by atoms with Gasteiger partial charge in [0.25, 0.3) is 5.89 Å². The lowest BCUT2D eigenvalue weighted by molar-refractivity contribution is 0.0264. The molecule has 2 aromatic heterocycles. The van der Waals surface area contributed by atoms with Crippen molar-refractivity contribution in [3.05, 3.63) is 41.7 Å². The van der Waals surface area contributed by atoms with Crippen LogP contribution in [0.1, 0.15) is 36.2 Å². The van der Waals surface area contributed by atoms with Crippen molar-refractivity contribution in [2.75, 3.05) is 6.54 Å². The lowest BCUT2D eigenvalue weighted by Crippen LogP contribution is -2.26. The highest BCUT2D eigenvalue weighted by Gasteiger charge is 2.30. The average molecular weight is 313 g/mol. The Kier molecular flexibility index (Phi) is 3.80. The van der Waals surface area contributed by atoms with Crippen LogP contribution in [0.4, 0.5) is 0 Å². The fraction of sp³-hybridized carbons (Fsp3) is 0.438. The number of para-hydroxylation sites is 1. The molecule has 3 aromatic rings. The summed E-state index contributed by atoms with van der Waals surface area (Å²) in [5.74, 6) is 1.24. The number of aryl methyl sites for hydroxylation is 1. The maximum absolute atomic E-state index is 5.99. The quantitative estimate of drug-likeness (QED) is 0.751. The normalized spacial score (nSPS) is 21.3. The van der Waals surface area contributed by atoms with Gasteiger partial charge in [-0.3, -0.25) is 5.10 Å².